The second kappa shape index (κ2) is 10.5. The van der Waals surface area contributed by atoms with Gasteiger partial charge in [-0.2, -0.15) is 0 Å². The third-order valence-electron chi connectivity index (χ3n) is 9.31. The van der Waals surface area contributed by atoms with Crippen LogP contribution >= 0.6 is 0 Å². The molecule has 0 aromatic carbocycles. The highest BCUT2D eigenvalue weighted by molar-refractivity contribution is 5.81. The fraction of sp³-hybridized carbons (Fsp3) is 0.923. The van der Waals surface area contributed by atoms with E-state index in [1.165, 1.54) is 38.5 Å². The second-order valence-electron chi connectivity index (χ2n) is 11.1. The summed E-state index contributed by atoms with van der Waals surface area (Å²) in [5, 5.41) is 9.64. The zero-order valence-corrected chi connectivity index (χ0v) is 20.3. The van der Waals surface area contributed by atoms with Crippen molar-refractivity contribution in [2.45, 2.75) is 106 Å². The van der Waals surface area contributed by atoms with Gasteiger partial charge < -0.3 is 9.84 Å². The Balaban J connectivity index is 2.03. The van der Waals surface area contributed by atoms with Gasteiger partial charge in [-0.3, -0.25) is 9.59 Å². The summed E-state index contributed by atoms with van der Waals surface area (Å²) in [5.41, 5.74) is 0.322. The molecule has 4 heteroatoms. The number of aliphatic carboxylic acids is 1. The first kappa shape index (κ1) is 25.2. The Labute approximate surface area is 184 Å². The van der Waals surface area contributed by atoms with E-state index < -0.39 is 17.8 Å². The summed E-state index contributed by atoms with van der Waals surface area (Å²) >= 11 is 0. The van der Waals surface area contributed by atoms with Crippen LogP contribution < -0.4 is 0 Å². The SMILES string of the molecule is CCCCCCC1(C)C(C)CCC(COC(=O)C2CCCC(C)C2C(=O)O)C1(C)C. The maximum atomic E-state index is 12.9. The number of ether oxygens (including phenoxy) is 1. The van der Waals surface area contributed by atoms with Gasteiger partial charge in [0.1, 0.15) is 0 Å². The van der Waals surface area contributed by atoms with Gasteiger partial charge in [0.2, 0.25) is 0 Å². The number of rotatable bonds is 9. The fourth-order valence-corrected chi connectivity index (χ4v) is 6.40. The number of esters is 1. The summed E-state index contributed by atoms with van der Waals surface area (Å²) in [6.45, 7) is 14.2. The van der Waals surface area contributed by atoms with Crippen LogP contribution in [0.2, 0.25) is 0 Å². The van der Waals surface area contributed by atoms with Crippen LogP contribution in [0.3, 0.4) is 0 Å². The van der Waals surface area contributed by atoms with Crippen LogP contribution in [0.5, 0.6) is 0 Å². The summed E-state index contributed by atoms with van der Waals surface area (Å²) in [6, 6.07) is 0. The standard InChI is InChI=1S/C26H46O4/c1-7-8-9-10-16-26(6)19(3)14-15-20(25(26,4)5)17-30-24(29)21-13-11-12-18(2)22(21)23(27)28/h18-22H,7-17H2,1-6H3,(H,27,28). The van der Waals surface area contributed by atoms with Crippen molar-refractivity contribution in [3.05, 3.63) is 0 Å². The van der Waals surface area contributed by atoms with Crippen molar-refractivity contribution in [3.8, 4) is 0 Å². The number of hydrogen-bond donors (Lipinski definition) is 1. The molecule has 0 aromatic rings. The molecule has 0 aliphatic heterocycles. The average molecular weight is 423 g/mol. The molecule has 0 heterocycles. The Morgan fingerprint density at radius 1 is 1.00 bits per heavy atom. The molecule has 0 radical (unpaired) electrons. The molecule has 0 bridgehead atoms. The van der Waals surface area contributed by atoms with Crippen LogP contribution in [0.1, 0.15) is 106 Å². The lowest BCUT2D eigenvalue weighted by Gasteiger charge is -2.56. The highest BCUT2D eigenvalue weighted by Gasteiger charge is 2.52. The minimum absolute atomic E-state index is 0.0344. The third-order valence-corrected chi connectivity index (χ3v) is 9.31. The minimum Gasteiger partial charge on any atom is -0.481 e. The first-order valence-corrected chi connectivity index (χ1v) is 12.5. The summed E-state index contributed by atoms with van der Waals surface area (Å²) in [5.74, 6) is -1.20. The van der Waals surface area contributed by atoms with E-state index >= 15 is 0 Å². The van der Waals surface area contributed by atoms with Crippen molar-refractivity contribution in [2.75, 3.05) is 6.61 Å². The normalized spacial score (nSPS) is 36.3. The van der Waals surface area contributed by atoms with Crippen LogP contribution in [-0.4, -0.2) is 23.7 Å². The maximum Gasteiger partial charge on any atom is 0.309 e. The lowest BCUT2D eigenvalue weighted by atomic mass is 9.49. The Bertz CT molecular complexity index is 584. The Kier molecular flexibility index (Phi) is 8.82. The van der Waals surface area contributed by atoms with Gasteiger partial charge in [-0.15, -0.1) is 0 Å². The molecular formula is C26H46O4. The van der Waals surface area contributed by atoms with Crippen molar-refractivity contribution >= 4 is 11.9 Å². The van der Waals surface area contributed by atoms with Gasteiger partial charge >= 0.3 is 11.9 Å². The number of hydrogen-bond acceptors (Lipinski definition) is 3. The van der Waals surface area contributed by atoms with Crippen LogP contribution in [0.15, 0.2) is 0 Å². The lowest BCUT2D eigenvalue weighted by Crippen LogP contribution is -2.50. The zero-order valence-electron chi connectivity index (χ0n) is 20.3. The molecule has 0 saturated heterocycles. The Morgan fingerprint density at radius 2 is 1.70 bits per heavy atom. The minimum atomic E-state index is -0.851. The van der Waals surface area contributed by atoms with E-state index in [4.69, 9.17) is 4.74 Å². The summed E-state index contributed by atoms with van der Waals surface area (Å²) in [4.78, 5) is 24.6. The predicted octanol–water partition coefficient (Wildman–Crippen LogP) is 6.72. The largest absolute Gasteiger partial charge is 0.481 e. The smallest absolute Gasteiger partial charge is 0.309 e. The molecule has 2 fully saturated rings. The summed E-state index contributed by atoms with van der Waals surface area (Å²) < 4.78 is 5.85. The molecule has 6 unspecified atom stereocenters. The number of carboxylic acid groups (broad SMARTS) is 1. The molecule has 174 valence electrons. The van der Waals surface area contributed by atoms with Gasteiger partial charge in [0, 0.05) is 0 Å². The number of carboxylic acids is 1. The Hall–Kier alpha value is -1.06. The van der Waals surface area contributed by atoms with Crippen molar-refractivity contribution in [2.24, 2.45) is 40.4 Å². The van der Waals surface area contributed by atoms with Crippen LogP contribution in [-0.2, 0) is 14.3 Å². The summed E-state index contributed by atoms with van der Waals surface area (Å²) in [7, 11) is 0. The Morgan fingerprint density at radius 3 is 2.33 bits per heavy atom. The molecule has 6 atom stereocenters. The highest BCUT2D eigenvalue weighted by atomic mass is 16.5. The van der Waals surface area contributed by atoms with Crippen LogP contribution in [0, 0.1) is 40.4 Å². The number of carbonyl (C=O) groups excluding carboxylic acids is 1. The highest BCUT2D eigenvalue weighted by Crippen LogP contribution is 2.58. The molecule has 4 nitrogen and oxygen atoms in total. The molecule has 0 spiro atoms. The van der Waals surface area contributed by atoms with Gasteiger partial charge in [0.15, 0.2) is 0 Å². The van der Waals surface area contributed by atoms with Gasteiger partial charge in [-0.05, 0) is 60.7 Å². The van der Waals surface area contributed by atoms with E-state index in [1.54, 1.807) is 0 Å². The third kappa shape index (κ3) is 5.22. The molecule has 1 N–H and O–H groups in total. The predicted molar refractivity (Wildman–Crippen MR) is 121 cm³/mol. The van der Waals surface area contributed by atoms with Gasteiger partial charge in [-0.1, -0.05) is 73.6 Å². The molecule has 2 saturated carbocycles. The number of unbranched alkanes of at least 4 members (excludes halogenated alkanes) is 3. The molecule has 0 amide bonds. The molecule has 30 heavy (non-hydrogen) atoms. The van der Waals surface area contributed by atoms with E-state index in [-0.39, 0.29) is 22.7 Å². The second-order valence-corrected chi connectivity index (χ2v) is 11.1. The van der Waals surface area contributed by atoms with E-state index in [2.05, 4.69) is 34.6 Å². The first-order chi connectivity index (χ1) is 14.1. The van der Waals surface area contributed by atoms with Gasteiger partial charge in [0.05, 0.1) is 18.4 Å². The van der Waals surface area contributed by atoms with Crippen molar-refractivity contribution in [1.82, 2.24) is 0 Å². The molecule has 2 aliphatic rings. The van der Waals surface area contributed by atoms with Crippen molar-refractivity contribution in [1.29, 1.82) is 0 Å². The molecule has 2 rings (SSSR count). The lowest BCUT2D eigenvalue weighted by molar-refractivity contribution is -0.167. The van der Waals surface area contributed by atoms with Gasteiger partial charge in [-0.25, -0.2) is 0 Å². The topological polar surface area (TPSA) is 63.6 Å². The zero-order chi connectivity index (χ0) is 22.5. The summed E-state index contributed by atoms with van der Waals surface area (Å²) in [6.07, 6.45) is 11.0. The van der Waals surface area contributed by atoms with E-state index in [0.29, 0.717) is 24.9 Å². The number of carbonyl (C=O) groups is 2. The van der Waals surface area contributed by atoms with Crippen LogP contribution in [0.25, 0.3) is 0 Å². The monoisotopic (exact) mass is 422 g/mol. The van der Waals surface area contributed by atoms with E-state index in [1.807, 2.05) is 6.92 Å². The molecule has 0 aromatic heterocycles. The molecular weight excluding hydrogens is 376 g/mol. The van der Waals surface area contributed by atoms with E-state index in [0.717, 1.165) is 19.3 Å². The first-order valence-electron chi connectivity index (χ1n) is 12.5. The van der Waals surface area contributed by atoms with E-state index in [9.17, 15) is 14.7 Å². The maximum absolute atomic E-state index is 12.9. The molecule has 2 aliphatic carbocycles. The average Bonchev–Trinajstić information content (AvgIpc) is 2.68. The van der Waals surface area contributed by atoms with Crippen molar-refractivity contribution in [3.63, 3.8) is 0 Å². The van der Waals surface area contributed by atoms with Gasteiger partial charge in [0.25, 0.3) is 0 Å². The van der Waals surface area contributed by atoms with Crippen LogP contribution in [0.4, 0.5) is 0 Å². The fourth-order valence-electron chi connectivity index (χ4n) is 6.40. The quantitative estimate of drug-likeness (QED) is 0.331. The van der Waals surface area contributed by atoms with Crippen molar-refractivity contribution < 1.29 is 19.4 Å².